The molecule has 0 aromatic heterocycles. The van der Waals surface area contributed by atoms with Gasteiger partial charge >= 0.3 is 12.3 Å². The molecule has 0 amide bonds. The normalized spacial score (nSPS) is 12.3. The first-order chi connectivity index (χ1) is 14.2. The van der Waals surface area contributed by atoms with E-state index in [0.717, 1.165) is 22.6 Å². The first kappa shape index (κ1) is 23.7. The summed E-state index contributed by atoms with van der Waals surface area (Å²) < 4.78 is 51.4. The molecule has 2 rings (SSSR count). The van der Waals surface area contributed by atoms with Crippen LogP contribution in [-0.4, -0.2) is 36.4 Å². The lowest BCUT2D eigenvalue weighted by atomic mass is 10.1. The standard InChI is InChI=1S/C21H23F3O5S/c1-3-15(11-27-16-4-6-17(7-5-16)29-21(22,23)24)13-30-18-8-9-19(14(2)10-18)28-12-20(25)26/h4-10,15H,3,11-13H2,1-2H3,(H,25,26). The van der Waals surface area contributed by atoms with E-state index in [0.29, 0.717) is 18.1 Å². The minimum absolute atomic E-state index is 0.240. The third-order valence-corrected chi connectivity index (χ3v) is 5.33. The van der Waals surface area contributed by atoms with E-state index >= 15 is 0 Å². The van der Waals surface area contributed by atoms with Crippen molar-refractivity contribution in [3.05, 3.63) is 48.0 Å². The summed E-state index contributed by atoms with van der Waals surface area (Å²) in [6.07, 6.45) is -3.84. The van der Waals surface area contributed by atoms with E-state index in [-0.39, 0.29) is 18.3 Å². The Morgan fingerprint density at radius 2 is 1.77 bits per heavy atom. The molecule has 9 heteroatoms. The van der Waals surface area contributed by atoms with Crippen molar-refractivity contribution in [3.8, 4) is 17.2 Å². The van der Waals surface area contributed by atoms with Gasteiger partial charge in [-0.15, -0.1) is 24.9 Å². The zero-order chi connectivity index (χ0) is 22.1. The highest BCUT2D eigenvalue weighted by atomic mass is 32.2. The average Bonchev–Trinajstić information content (AvgIpc) is 2.67. The van der Waals surface area contributed by atoms with Gasteiger partial charge in [-0.25, -0.2) is 4.79 Å². The lowest BCUT2D eigenvalue weighted by Gasteiger charge is -2.16. The van der Waals surface area contributed by atoms with Crippen LogP contribution < -0.4 is 14.2 Å². The molecule has 0 saturated carbocycles. The molecule has 0 aliphatic heterocycles. The van der Waals surface area contributed by atoms with Crippen LogP contribution in [0.15, 0.2) is 47.4 Å². The number of thioether (sulfide) groups is 1. The molecular formula is C21H23F3O5S. The molecular weight excluding hydrogens is 421 g/mol. The van der Waals surface area contributed by atoms with Crippen molar-refractivity contribution >= 4 is 17.7 Å². The van der Waals surface area contributed by atoms with E-state index < -0.39 is 12.3 Å². The molecule has 5 nitrogen and oxygen atoms in total. The lowest BCUT2D eigenvalue weighted by Crippen LogP contribution is -2.17. The van der Waals surface area contributed by atoms with Crippen molar-refractivity contribution in [2.24, 2.45) is 5.92 Å². The minimum atomic E-state index is -4.72. The van der Waals surface area contributed by atoms with Gasteiger partial charge in [-0.3, -0.25) is 0 Å². The second-order valence-electron chi connectivity index (χ2n) is 6.53. The Morgan fingerprint density at radius 1 is 1.10 bits per heavy atom. The first-order valence-corrected chi connectivity index (χ1v) is 10.2. The van der Waals surface area contributed by atoms with Gasteiger partial charge in [-0.05, 0) is 61.4 Å². The molecule has 0 saturated heterocycles. The predicted octanol–water partition coefficient (Wildman–Crippen LogP) is 5.55. The molecule has 0 heterocycles. The van der Waals surface area contributed by atoms with E-state index in [2.05, 4.69) is 4.74 Å². The fourth-order valence-corrected chi connectivity index (χ4v) is 3.65. The van der Waals surface area contributed by atoms with Crippen LogP contribution in [0.1, 0.15) is 18.9 Å². The maximum Gasteiger partial charge on any atom is 0.573 e. The summed E-state index contributed by atoms with van der Waals surface area (Å²) in [6, 6.07) is 10.9. The number of carboxylic acid groups (broad SMARTS) is 1. The smallest absolute Gasteiger partial charge is 0.493 e. The monoisotopic (exact) mass is 444 g/mol. The van der Waals surface area contributed by atoms with Gasteiger partial charge in [-0.1, -0.05) is 6.92 Å². The van der Waals surface area contributed by atoms with E-state index in [1.165, 1.54) is 24.3 Å². The number of ether oxygens (including phenoxy) is 3. The van der Waals surface area contributed by atoms with Gasteiger partial charge in [0.25, 0.3) is 0 Å². The highest BCUT2D eigenvalue weighted by molar-refractivity contribution is 7.99. The number of hydrogen-bond donors (Lipinski definition) is 1. The van der Waals surface area contributed by atoms with Crippen molar-refractivity contribution < 1.29 is 37.3 Å². The van der Waals surface area contributed by atoms with Crippen LogP contribution in [0, 0.1) is 12.8 Å². The Kier molecular flexibility index (Phi) is 8.71. The number of hydrogen-bond acceptors (Lipinski definition) is 5. The van der Waals surface area contributed by atoms with E-state index in [1.807, 2.05) is 26.0 Å². The van der Waals surface area contributed by atoms with Gasteiger partial charge in [0.15, 0.2) is 6.61 Å². The number of aryl methyl sites for hydroxylation is 1. The molecule has 0 radical (unpaired) electrons. The SMILES string of the molecule is CCC(COc1ccc(OC(F)(F)F)cc1)CSc1ccc(OCC(=O)O)c(C)c1. The van der Waals surface area contributed by atoms with Crippen molar-refractivity contribution in [2.45, 2.75) is 31.5 Å². The molecule has 164 valence electrons. The Bertz CT molecular complexity index is 824. The highest BCUT2D eigenvalue weighted by Gasteiger charge is 2.31. The van der Waals surface area contributed by atoms with Gasteiger partial charge in [0, 0.05) is 16.6 Å². The van der Waals surface area contributed by atoms with Gasteiger partial charge < -0.3 is 19.3 Å². The summed E-state index contributed by atoms with van der Waals surface area (Å²) in [5.41, 5.74) is 0.853. The summed E-state index contributed by atoms with van der Waals surface area (Å²) in [4.78, 5) is 11.6. The second kappa shape index (κ2) is 11.0. The predicted molar refractivity (Wildman–Crippen MR) is 107 cm³/mol. The molecule has 0 bridgehead atoms. The van der Waals surface area contributed by atoms with E-state index in [4.69, 9.17) is 14.6 Å². The fraction of sp³-hybridized carbons (Fsp3) is 0.381. The highest BCUT2D eigenvalue weighted by Crippen LogP contribution is 2.29. The van der Waals surface area contributed by atoms with E-state index in [1.54, 1.807) is 17.8 Å². The molecule has 1 unspecified atom stereocenters. The van der Waals surface area contributed by atoms with Gasteiger partial charge in [0.05, 0.1) is 6.61 Å². The van der Waals surface area contributed by atoms with Crippen LogP contribution in [0.5, 0.6) is 17.2 Å². The maximum atomic E-state index is 12.2. The Hall–Kier alpha value is -2.55. The number of aliphatic carboxylic acids is 1. The largest absolute Gasteiger partial charge is 0.573 e. The summed E-state index contributed by atoms with van der Waals surface area (Å²) in [5, 5.41) is 8.69. The fourth-order valence-electron chi connectivity index (χ4n) is 2.46. The number of rotatable bonds is 11. The number of carbonyl (C=O) groups is 1. The second-order valence-corrected chi connectivity index (χ2v) is 7.62. The molecule has 30 heavy (non-hydrogen) atoms. The van der Waals surface area contributed by atoms with Gasteiger partial charge in [0.2, 0.25) is 0 Å². The van der Waals surface area contributed by atoms with Crippen molar-refractivity contribution in [1.29, 1.82) is 0 Å². The summed E-state index contributed by atoms with van der Waals surface area (Å²) in [7, 11) is 0. The third-order valence-electron chi connectivity index (χ3n) is 4.10. The zero-order valence-electron chi connectivity index (χ0n) is 16.6. The molecule has 0 fully saturated rings. The summed E-state index contributed by atoms with van der Waals surface area (Å²) >= 11 is 1.65. The molecule has 0 aliphatic carbocycles. The Labute approximate surface area is 177 Å². The molecule has 0 aliphatic rings. The lowest BCUT2D eigenvalue weighted by molar-refractivity contribution is -0.274. The van der Waals surface area contributed by atoms with Crippen molar-refractivity contribution in [1.82, 2.24) is 0 Å². The minimum Gasteiger partial charge on any atom is -0.493 e. The van der Waals surface area contributed by atoms with Gasteiger partial charge in [-0.2, -0.15) is 0 Å². The first-order valence-electron chi connectivity index (χ1n) is 9.23. The maximum absolute atomic E-state index is 12.2. The zero-order valence-corrected chi connectivity index (χ0v) is 17.4. The van der Waals surface area contributed by atoms with Crippen molar-refractivity contribution in [2.75, 3.05) is 19.0 Å². The molecule has 2 aromatic rings. The van der Waals surface area contributed by atoms with Crippen molar-refractivity contribution in [3.63, 3.8) is 0 Å². The van der Waals surface area contributed by atoms with Crippen LogP contribution in [0.3, 0.4) is 0 Å². The van der Waals surface area contributed by atoms with Gasteiger partial charge in [0.1, 0.15) is 17.2 Å². The molecule has 2 aromatic carbocycles. The van der Waals surface area contributed by atoms with Crippen LogP contribution in [0.2, 0.25) is 0 Å². The number of halogens is 3. The summed E-state index contributed by atoms with van der Waals surface area (Å²) in [6.45, 7) is 3.95. The number of carboxylic acids is 1. The third kappa shape index (κ3) is 8.44. The van der Waals surface area contributed by atoms with E-state index in [9.17, 15) is 18.0 Å². The van der Waals surface area contributed by atoms with Crippen LogP contribution in [-0.2, 0) is 4.79 Å². The molecule has 0 spiro atoms. The van der Waals surface area contributed by atoms with Crippen LogP contribution in [0.4, 0.5) is 13.2 Å². The Morgan fingerprint density at radius 3 is 2.33 bits per heavy atom. The molecule has 1 atom stereocenters. The Balaban J connectivity index is 1.83. The average molecular weight is 444 g/mol. The van der Waals surface area contributed by atoms with Crippen LogP contribution >= 0.6 is 11.8 Å². The quantitative estimate of drug-likeness (QED) is 0.458. The number of benzene rings is 2. The van der Waals surface area contributed by atoms with Crippen LogP contribution in [0.25, 0.3) is 0 Å². The topological polar surface area (TPSA) is 65.0 Å². The molecule has 1 N–H and O–H groups in total. The number of alkyl halides is 3. The summed E-state index contributed by atoms with van der Waals surface area (Å²) in [5.74, 6) is 0.730.